The Labute approximate surface area is 162 Å². The molecule has 0 saturated heterocycles. The van der Waals surface area contributed by atoms with Gasteiger partial charge in [0.2, 0.25) is 5.95 Å². The van der Waals surface area contributed by atoms with Gasteiger partial charge in [0, 0.05) is 36.2 Å². The molecule has 0 bridgehead atoms. The van der Waals surface area contributed by atoms with Crippen molar-refractivity contribution in [1.29, 1.82) is 0 Å². The number of nitrogen functional groups attached to an aromatic ring is 1. The zero-order chi connectivity index (χ0) is 19.8. The predicted molar refractivity (Wildman–Crippen MR) is 109 cm³/mol. The van der Waals surface area contributed by atoms with Crippen molar-refractivity contribution in [3.05, 3.63) is 41.1 Å². The number of aliphatic hydroxyl groups excluding tert-OH is 1. The molecule has 1 saturated carbocycles. The number of rotatable bonds is 4. The van der Waals surface area contributed by atoms with Gasteiger partial charge < -0.3 is 20.7 Å². The van der Waals surface area contributed by atoms with Crippen LogP contribution in [0.1, 0.15) is 39.2 Å². The van der Waals surface area contributed by atoms with Crippen molar-refractivity contribution in [2.75, 3.05) is 11.1 Å². The summed E-state index contributed by atoms with van der Waals surface area (Å²) in [4.78, 5) is 25.9. The largest absolute Gasteiger partial charge is 0.393 e. The predicted octanol–water partition coefficient (Wildman–Crippen LogP) is 2.34. The van der Waals surface area contributed by atoms with Crippen LogP contribution in [-0.2, 0) is 0 Å². The lowest BCUT2D eigenvalue weighted by atomic mass is 10.1. The second-order valence-electron chi connectivity index (χ2n) is 7.58. The molecule has 0 amide bonds. The van der Waals surface area contributed by atoms with Crippen molar-refractivity contribution in [3.8, 4) is 11.3 Å². The van der Waals surface area contributed by atoms with Crippen molar-refractivity contribution in [2.24, 2.45) is 0 Å². The van der Waals surface area contributed by atoms with Gasteiger partial charge in [0.1, 0.15) is 5.82 Å². The fourth-order valence-electron chi connectivity index (χ4n) is 3.69. The first-order valence-corrected chi connectivity index (χ1v) is 9.50. The van der Waals surface area contributed by atoms with Gasteiger partial charge in [-0.1, -0.05) is 0 Å². The van der Waals surface area contributed by atoms with Crippen molar-refractivity contribution in [3.63, 3.8) is 0 Å². The summed E-state index contributed by atoms with van der Waals surface area (Å²) in [5.41, 5.74) is 6.89. The lowest BCUT2D eigenvalue weighted by Gasteiger charge is -2.18. The molecule has 1 fully saturated rings. The first kappa shape index (κ1) is 18.4. The molecule has 0 radical (unpaired) electrons. The van der Waals surface area contributed by atoms with E-state index in [-0.39, 0.29) is 29.7 Å². The van der Waals surface area contributed by atoms with E-state index in [1.54, 1.807) is 17.0 Å². The van der Waals surface area contributed by atoms with Crippen LogP contribution >= 0.6 is 0 Å². The summed E-state index contributed by atoms with van der Waals surface area (Å²) < 4.78 is 1.70. The molecule has 0 aromatic carbocycles. The van der Waals surface area contributed by atoms with Gasteiger partial charge in [0.05, 0.1) is 17.2 Å². The van der Waals surface area contributed by atoms with Crippen LogP contribution < -0.4 is 16.6 Å². The normalized spacial score (nSPS) is 19.4. The molecule has 4 rings (SSSR count). The first-order valence-electron chi connectivity index (χ1n) is 9.50. The van der Waals surface area contributed by atoms with E-state index in [9.17, 15) is 9.90 Å². The average molecular weight is 380 g/mol. The Morgan fingerprint density at radius 2 is 2.04 bits per heavy atom. The van der Waals surface area contributed by atoms with Crippen LogP contribution in [0.2, 0.25) is 0 Å². The van der Waals surface area contributed by atoms with Crippen molar-refractivity contribution in [2.45, 2.75) is 51.3 Å². The van der Waals surface area contributed by atoms with E-state index in [1.165, 1.54) is 0 Å². The Kier molecular flexibility index (Phi) is 4.72. The number of pyridine rings is 2. The average Bonchev–Trinajstić information content (AvgIpc) is 3.06. The number of hydrogen-bond acceptors (Lipinski definition) is 7. The highest BCUT2D eigenvalue weighted by Gasteiger charge is 2.24. The Morgan fingerprint density at radius 3 is 2.68 bits per heavy atom. The zero-order valence-corrected chi connectivity index (χ0v) is 16.0. The Morgan fingerprint density at radius 1 is 1.29 bits per heavy atom. The van der Waals surface area contributed by atoms with E-state index in [0.29, 0.717) is 23.3 Å². The third kappa shape index (κ3) is 3.43. The standard InChI is InChI=1S/C20H24N6O2/c1-11(2)26-6-5-12-7-16(13-9-22-20(21)23-10-13)25-18(17(12)19(26)28)24-14-3-4-15(27)8-14/h5-7,9-11,14-15,27H,3-4,8H2,1-2H3,(H,24,25)(H2,21,22,23)/t14-,15+/m0/s1. The summed E-state index contributed by atoms with van der Waals surface area (Å²) in [6, 6.07) is 3.92. The lowest BCUT2D eigenvalue weighted by molar-refractivity contribution is 0.182. The molecule has 4 N–H and O–H groups in total. The van der Waals surface area contributed by atoms with Crippen molar-refractivity contribution >= 4 is 22.5 Å². The van der Waals surface area contributed by atoms with Gasteiger partial charge in [-0.05, 0) is 50.6 Å². The number of hydrogen-bond donors (Lipinski definition) is 3. The summed E-state index contributed by atoms with van der Waals surface area (Å²) in [5.74, 6) is 0.728. The molecular formula is C20H24N6O2. The van der Waals surface area contributed by atoms with E-state index in [0.717, 1.165) is 23.8 Å². The second kappa shape index (κ2) is 7.20. The van der Waals surface area contributed by atoms with Crippen molar-refractivity contribution in [1.82, 2.24) is 19.5 Å². The molecule has 0 aliphatic heterocycles. The number of aromatic nitrogens is 4. The zero-order valence-electron chi connectivity index (χ0n) is 16.0. The van der Waals surface area contributed by atoms with Gasteiger partial charge in [-0.3, -0.25) is 4.79 Å². The number of nitrogens with one attached hydrogen (secondary N) is 1. The first-order chi connectivity index (χ1) is 13.4. The fraction of sp³-hybridized carbons (Fsp3) is 0.400. The molecule has 0 spiro atoms. The number of aliphatic hydroxyl groups is 1. The molecule has 1 aliphatic carbocycles. The number of nitrogens with two attached hydrogens (primary N) is 1. The monoisotopic (exact) mass is 380 g/mol. The molecule has 0 unspecified atom stereocenters. The highest BCUT2D eigenvalue weighted by Crippen LogP contribution is 2.29. The highest BCUT2D eigenvalue weighted by atomic mass is 16.3. The number of anilines is 2. The minimum absolute atomic E-state index is 0.0447. The van der Waals surface area contributed by atoms with Gasteiger partial charge in [-0.25, -0.2) is 15.0 Å². The maximum Gasteiger partial charge on any atom is 0.262 e. The summed E-state index contributed by atoms with van der Waals surface area (Å²) in [6.07, 6.45) is 6.96. The Balaban J connectivity index is 1.88. The maximum atomic E-state index is 13.1. The smallest absolute Gasteiger partial charge is 0.262 e. The van der Waals surface area contributed by atoms with Crippen LogP contribution in [-0.4, -0.2) is 36.8 Å². The summed E-state index contributed by atoms with van der Waals surface area (Å²) in [6.45, 7) is 3.95. The molecule has 8 nitrogen and oxygen atoms in total. The van der Waals surface area contributed by atoms with E-state index in [2.05, 4.69) is 15.3 Å². The molecule has 3 aromatic rings. The highest BCUT2D eigenvalue weighted by molar-refractivity contribution is 5.94. The summed E-state index contributed by atoms with van der Waals surface area (Å²) in [7, 11) is 0. The quantitative estimate of drug-likeness (QED) is 0.635. The minimum Gasteiger partial charge on any atom is -0.393 e. The van der Waals surface area contributed by atoms with Gasteiger partial charge >= 0.3 is 0 Å². The number of nitrogens with zero attached hydrogens (tertiary/aromatic N) is 4. The molecule has 1 aliphatic rings. The van der Waals surface area contributed by atoms with E-state index in [4.69, 9.17) is 10.7 Å². The van der Waals surface area contributed by atoms with Gasteiger partial charge in [0.25, 0.3) is 5.56 Å². The van der Waals surface area contributed by atoms with E-state index < -0.39 is 0 Å². The third-order valence-electron chi connectivity index (χ3n) is 5.18. The van der Waals surface area contributed by atoms with E-state index in [1.807, 2.05) is 32.2 Å². The molecule has 2 atom stereocenters. The summed E-state index contributed by atoms with van der Waals surface area (Å²) in [5, 5.41) is 14.6. The topological polar surface area (TPSA) is 119 Å². The van der Waals surface area contributed by atoms with Gasteiger partial charge in [-0.15, -0.1) is 0 Å². The third-order valence-corrected chi connectivity index (χ3v) is 5.18. The maximum absolute atomic E-state index is 13.1. The molecule has 146 valence electrons. The van der Waals surface area contributed by atoms with Gasteiger partial charge in [-0.2, -0.15) is 0 Å². The van der Waals surface area contributed by atoms with Crippen LogP contribution in [0.25, 0.3) is 22.0 Å². The molecular weight excluding hydrogens is 356 g/mol. The molecule has 28 heavy (non-hydrogen) atoms. The SMILES string of the molecule is CC(C)n1ccc2cc(-c3cnc(N)nc3)nc(N[C@H]3CC[C@@H](O)C3)c2c1=O. The van der Waals surface area contributed by atoms with Crippen LogP contribution in [0.5, 0.6) is 0 Å². The van der Waals surface area contributed by atoms with E-state index >= 15 is 0 Å². The van der Waals surface area contributed by atoms with Gasteiger partial charge in [0.15, 0.2) is 0 Å². The van der Waals surface area contributed by atoms with Crippen LogP contribution in [0.4, 0.5) is 11.8 Å². The van der Waals surface area contributed by atoms with Crippen LogP contribution in [0.3, 0.4) is 0 Å². The fourth-order valence-corrected chi connectivity index (χ4v) is 3.69. The molecule has 8 heteroatoms. The second-order valence-corrected chi connectivity index (χ2v) is 7.58. The van der Waals surface area contributed by atoms with Crippen LogP contribution in [0.15, 0.2) is 35.5 Å². The Hall–Kier alpha value is -3.00. The molecule has 3 heterocycles. The summed E-state index contributed by atoms with van der Waals surface area (Å²) >= 11 is 0. The Bertz CT molecular complexity index is 1060. The molecule has 3 aromatic heterocycles. The minimum atomic E-state index is -0.315. The lowest BCUT2D eigenvalue weighted by Crippen LogP contribution is -2.24. The number of fused-ring (bicyclic) bond motifs is 1. The van der Waals surface area contributed by atoms with Crippen molar-refractivity contribution < 1.29 is 5.11 Å². The van der Waals surface area contributed by atoms with Crippen LogP contribution in [0, 0.1) is 0 Å².